The third-order valence-electron chi connectivity index (χ3n) is 4.26. The van der Waals surface area contributed by atoms with Gasteiger partial charge in [-0.05, 0) is 18.2 Å². The summed E-state index contributed by atoms with van der Waals surface area (Å²) < 4.78 is 35.8. The number of benzene rings is 2. The van der Waals surface area contributed by atoms with Crippen LogP contribution >= 0.6 is 0 Å². The number of rotatable bonds is 7. The molecule has 10 nitrogen and oxygen atoms in total. The number of hydrogen-bond acceptors (Lipinski definition) is 7. The Labute approximate surface area is 172 Å². The molecule has 3 rings (SSSR count). The van der Waals surface area contributed by atoms with Gasteiger partial charge in [-0.3, -0.25) is 9.10 Å². The molecule has 2 N–H and O–H groups in total. The van der Waals surface area contributed by atoms with Crippen LogP contribution in [0.1, 0.15) is 0 Å². The van der Waals surface area contributed by atoms with E-state index in [1.54, 1.807) is 24.3 Å². The molecule has 0 bridgehead atoms. The number of aromatic nitrogens is 1. The lowest BCUT2D eigenvalue weighted by Gasteiger charge is -2.21. The number of nitrogens with one attached hydrogen (secondary N) is 1. The van der Waals surface area contributed by atoms with Crippen molar-refractivity contribution in [3.8, 4) is 17.4 Å². The van der Waals surface area contributed by atoms with Crippen molar-refractivity contribution in [3.05, 3.63) is 42.5 Å². The molecule has 0 fully saturated rings. The van der Waals surface area contributed by atoms with Gasteiger partial charge in [-0.25, -0.2) is 8.42 Å². The van der Waals surface area contributed by atoms with Crippen molar-refractivity contribution in [1.82, 2.24) is 4.98 Å². The molecule has 1 heterocycles. The SMILES string of the molecule is COc1ccc(N(CC(=O)N=Nc2c(O)[nH]c3ccccc23)S(C)(=O)=O)cc1OC. The fraction of sp³-hybridized carbons (Fsp3) is 0.211. The van der Waals surface area contributed by atoms with Crippen LogP contribution in [0.4, 0.5) is 11.4 Å². The highest BCUT2D eigenvalue weighted by atomic mass is 32.2. The number of anilines is 1. The Balaban J connectivity index is 1.88. The summed E-state index contributed by atoms with van der Waals surface area (Å²) in [5.74, 6) is -0.343. The predicted octanol–water partition coefficient (Wildman–Crippen LogP) is 2.97. The van der Waals surface area contributed by atoms with Crippen molar-refractivity contribution in [3.63, 3.8) is 0 Å². The van der Waals surface area contributed by atoms with E-state index in [1.165, 1.54) is 32.4 Å². The van der Waals surface area contributed by atoms with E-state index in [-0.39, 0.29) is 17.3 Å². The van der Waals surface area contributed by atoms with E-state index in [0.29, 0.717) is 22.4 Å². The lowest BCUT2D eigenvalue weighted by atomic mass is 10.2. The molecule has 30 heavy (non-hydrogen) atoms. The molecule has 1 amide bonds. The molecule has 0 aliphatic rings. The maximum absolute atomic E-state index is 12.4. The van der Waals surface area contributed by atoms with Crippen molar-refractivity contribution < 1.29 is 27.8 Å². The van der Waals surface area contributed by atoms with Gasteiger partial charge in [-0.1, -0.05) is 18.2 Å². The summed E-state index contributed by atoms with van der Waals surface area (Å²) in [6.45, 7) is -0.582. The summed E-state index contributed by atoms with van der Waals surface area (Å²) in [4.78, 5) is 15.1. The summed E-state index contributed by atoms with van der Waals surface area (Å²) in [6, 6.07) is 11.4. The Kier molecular flexibility index (Phi) is 5.92. The fourth-order valence-corrected chi connectivity index (χ4v) is 3.70. The second-order valence-electron chi connectivity index (χ2n) is 6.27. The lowest BCUT2D eigenvalue weighted by Crippen LogP contribution is -2.34. The van der Waals surface area contributed by atoms with E-state index >= 15 is 0 Å². The zero-order chi connectivity index (χ0) is 21.9. The van der Waals surface area contributed by atoms with Crippen LogP contribution in [0.3, 0.4) is 0 Å². The normalized spacial score (nSPS) is 11.7. The van der Waals surface area contributed by atoms with Crippen LogP contribution in [0.2, 0.25) is 0 Å². The number of para-hydroxylation sites is 1. The number of H-pyrrole nitrogens is 1. The molecule has 0 spiro atoms. The molecular formula is C19H20N4O6S. The molecule has 0 aliphatic heterocycles. The van der Waals surface area contributed by atoms with E-state index < -0.39 is 22.5 Å². The summed E-state index contributed by atoms with van der Waals surface area (Å²) in [7, 11) is -0.943. The van der Waals surface area contributed by atoms with Crippen molar-refractivity contribution in [2.24, 2.45) is 10.2 Å². The highest BCUT2D eigenvalue weighted by Crippen LogP contribution is 2.35. The summed E-state index contributed by atoms with van der Waals surface area (Å²) >= 11 is 0. The molecule has 11 heteroatoms. The van der Waals surface area contributed by atoms with E-state index in [9.17, 15) is 18.3 Å². The molecular weight excluding hydrogens is 412 g/mol. The zero-order valence-corrected chi connectivity index (χ0v) is 17.3. The molecule has 0 saturated carbocycles. The van der Waals surface area contributed by atoms with Gasteiger partial charge in [0.1, 0.15) is 6.54 Å². The molecule has 0 radical (unpaired) electrons. The topological polar surface area (TPSA) is 134 Å². The number of carbonyl (C=O) groups excluding carboxylic acids is 1. The first-order chi connectivity index (χ1) is 14.2. The monoisotopic (exact) mass is 432 g/mol. The number of carbonyl (C=O) groups is 1. The molecule has 0 unspecified atom stereocenters. The number of sulfonamides is 1. The van der Waals surface area contributed by atoms with Crippen molar-refractivity contribution in [1.29, 1.82) is 0 Å². The minimum atomic E-state index is -3.81. The maximum atomic E-state index is 12.4. The Bertz CT molecular complexity index is 1220. The summed E-state index contributed by atoms with van der Waals surface area (Å²) in [5, 5.41) is 18.0. The number of nitrogens with zero attached hydrogens (tertiary/aromatic N) is 3. The maximum Gasteiger partial charge on any atom is 0.285 e. The van der Waals surface area contributed by atoms with Gasteiger partial charge in [0.2, 0.25) is 15.9 Å². The number of hydrogen-bond donors (Lipinski definition) is 2. The van der Waals surface area contributed by atoms with E-state index in [4.69, 9.17) is 9.47 Å². The molecule has 1 aromatic heterocycles. The third kappa shape index (κ3) is 4.35. The van der Waals surface area contributed by atoms with Gasteiger partial charge in [0, 0.05) is 11.5 Å². The number of aromatic hydroxyl groups is 1. The van der Waals surface area contributed by atoms with Crippen LogP contribution in [0.15, 0.2) is 52.7 Å². The van der Waals surface area contributed by atoms with Crippen molar-refractivity contribution in [2.75, 3.05) is 31.3 Å². The standard InChI is InChI=1S/C19H20N4O6S/c1-28-15-9-8-12(10-16(15)29-2)23(30(3,26)27)11-17(24)21-22-18-13-6-4-5-7-14(13)20-19(18)25/h4-10,20,25H,11H2,1-3H3. The Morgan fingerprint density at radius 1 is 1.13 bits per heavy atom. The number of fused-ring (bicyclic) bond motifs is 1. The van der Waals surface area contributed by atoms with Gasteiger partial charge >= 0.3 is 0 Å². The number of aromatic amines is 1. The van der Waals surface area contributed by atoms with Gasteiger partial charge in [0.05, 0.1) is 31.7 Å². The van der Waals surface area contributed by atoms with E-state index in [0.717, 1.165) is 10.6 Å². The highest BCUT2D eigenvalue weighted by Gasteiger charge is 2.22. The van der Waals surface area contributed by atoms with Crippen LogP contribution in [-0.2, 0) is 14.8 Å². The van der Waals surface area contributed by atoms with Gasteiger partial charge in [0.25, 0.3) is 5.91 Å². The first-order valence-corrected chi connectivity index (χ1v) is 10.5. The van der Waals surface area contributed by atoms with E-state index in [2.05, 4.69) is 15.2 Å². The number of amides is 1. The molecule has 2 aromatic carbocycles. The third-order valence-corrected chi connectivity index (χ3v) is 5.40. The summed E-state index contributed by atoms with van der Waals surface area (Å²) in [5.41, 5.74) is 0.920. The van der Waals surface area contributed by atoms with E-state index in [1.807, 2.05) is 0 Å². The van der Waals surface area contributed by atoms with Gasteiger partial charge in [0.15, 0.2) is 17.2 Å². The van der Waals surface area contributed by atoms with Crippen LogP contribution in [0, 0.1) is 0 Å². The highest BCUT2D eigenvalue weighted by molar-refractivity contribution is 7.92. The number of ether oxygens (including phenoxy) is 2. The predicted molar refractivity (Wildman–Crippen MR) is 111 cm³/mol. The van der Waals surface area contributed by atoms with Crippen LogP contribution in [0.5, 0.6) is 17.4 Å². The van der Waals surface area contributed by atoms with Crippen molar-refractivity contribution >= 4 is 38.2 Å². The fourth-order valence-electron chi connectivity index (χ4n) is 2.85. The van der Waals surface area contributed by atoms with Crippen molar-refractivity contribution in [2.45, 2.75) is 0 Å². The minimum Gasteiger partial charge on any atom is -0.493 e. The second kappa shape index (κ2) is 8.41. The zero-order valence-electron chi connectivity index (χ0n) is 16.5. The van der Waals surface area contributed by atoms with Crippen LogP contribution in [0.25, 0.3) is 10.9 Å². The van der Waals surface area contributed by atoms with Gasteiger partial charge < -0.3 is 19.6 Å². The molecule has 3 aromatic rings. The largest absolute Gasteiger partial charge is 0.493 e. The molecule has 0 aliphatic carbocycles. The Morgan fingerprint density at radius 2 is 1.83 bits per heavy atom. The molecule has 0 saturated heterocycles. The molecule has 0 atom stereocenters. The van der Waals surface area contributed by atoms with Crippen LogP contribution < -0.4 is 13.8 Å². The first kappa shape index (κ1) is 21.1. The minimum absolute atomic E-state index is 0.0935. The summed E-state index contributed by atoms with van der Waals surface area (Å²) in [6.07, 6.45) is 0.972. The Hall–Kier alpha value is -3.60. The van der Waals surface area contributed by atoms with Crippen LogP contribution in [-0.4, -0.2) is 51.4 Å². The quantitative estimate of drug-likeness (QED) is 0.551. The lowest BCUT2D eigenvalue weighted by molar-refractivity contribution is -0.116. The Morgan fingerprint density at radius 3 is 2.50 bits per heavy atom. The smallest absolute Gasteiger partial charge is 0.285 e. The first-order valence-electron chi connectivity index (χ1n) is 8.68. The second-order valence-corrected chi connectivity index (χ2v) is 8.18. The average molecular weight is 432 g/mol. The number of methoxy groups -OCH3 is 2. The van der Waals surface area contributed by atoms with Gasteiger partial charge in [-0.15, -0.1) is 10.2 Å². The number of azo groups is 1. The average Bonchev–Trinajstić information content (AvgIpc) is 3.04. The molecule has 158 valence electrons. The van der Waals surface area contributed by atoms with Gasteiger partial charge in [-0.2, -0.15) is 0 Å².